The number of thioether (sulfide) groups is 1. The summed E-state index contributed by atoms with van der Waals surface area (Å²) in [5.41, 5.74) is 3.25. The van der Waals surface area contributed by atoms with Gasteiger partial charge in [-0.2, -0.15) is 0 Å². The third-order valence-corrected chi connectivity index (χ3v) is 6.08. The minimum absolute atomic E-state index is 0.107. The smallest absolute Gasteiger partial charge is 0.237 e. The highest BCUT2D eigenvalue weighted by Crippen LogP contribution is 2.30. The summed E-state index contributed by atoms with van der Waals surface area (Å²) in [6.07, 6.45) is 0.914. The number of amides is 1. The number of ether oxygens (including phenoxy) is 1. The molecule has 4 rings (SSSR count). The fourth-order valence-corrected chi connectivity index (χ4v) is 4.50. The third-order valence-electron chi connectivity index (χ3n) is 5.13. The van der Waals surface area contributed by atoms with Gasteiger partial charge in [-0.1, -0.05) is 43.8 Å². The van der Waals surface area contributed by atoms with E-state index in [2.05, 4.69) is 34.7 Å². The largest absolute Gasteiger partial charge is 0.497 e. The van der Waals surface area contributed by atoms with Gasteiger partial charge in [0.1, 0.15) is 5.75 Å². The molecule has 156 valence electrons. The van der Waals surface area contributed by atoms with Crippen molar-refractivity contribution in [1.29, 1.82) is 0 Å². The Kier molecular flexibility index (Phi) is 6.08. The van der Waals surface area contributed by atoms with Crippen molar-refractivity contribution >= 4 is 23.4 Å². The molecule has 0 fully saturated rings. The van der Waals surface area contributed by atoms with E-state index in [4.69, 9.17) is 4.74 Å². The van der Waals surface area contributed by atoms with Gasteiger partial charge in [0.05, 0.1) is 12.9 Å². The molecule has 0 spiro atoms. The van der Waals surface area contributed by atoms with Gasteiger partial charge in [0.25, 0.3) is 0 Å². The number of hydrogen-bond acceptors (Lipinski definition) is 5. The molecule has 0 radical (unpaired) electrons. The number of benzene rings is 2. The standard InChI is InChI=1S/C23H26N4O2S/c1-16(2)14-27-22(18-8-10-19(29-3)11-9-18)24-25-23(27)30-15-21(28)26-13-12-17-6-4-5-7-20(17)26/h4-11,16H,12-15H2,1-3H3. The first-order valence-corrected chi connectivity index (χ1v) is 11.1. The van der Waals surface area contributed by atoms with E-state index in [1.165, 1.54) is 17.3 Å². The van der Waals surface area contributed by atoms with Gasteiger partial charge in [0.15, 0.2) is 11.0 Å². The number of rotatable bonds is 7. The lowest BCUT2D eigenvalue weighted by molar-refractivity contribution is -0.116. The molecule has 1 amide bonds. The molecule has 0 atom stereocenters. The second kappa shape index (κ2) is 8.92. The summed E-state index contributed by atoms with van der Waals surface area (Å²) in [5.74, 6) is 2.49. The predicted octanol–water partition coefficient (Wildman–Crippen LogP) is 4.29. The Morgan fingerprint density at radius 3 is 2.63 bits per heavy atom. The van der Waals surface area contributed by atoms with Crippen molar-refractivity contribution in [2.45, 2.75) is 32.0 Å². The number of para-hydroxylation sites is 1. The van der Waals surface area contributed by atoms with Crippen molar-refractivity contribution in [3.8, 4) is 17.1 Å². The van der Waals surface area contributed by atoms with E-state index < -0.39 is 0 Å². The van der Waals surface area contributed by atoms with Crippen LogP contribution in [0.1, 0.15) is 19.4 Å². The highest BCUT2D eigenvalue weighted by molar-refractivity contribution is 7.99. The maximum Gasteiger partial charge on any atom is 0.237 e. The molecule has 3 aromatic rings. The number of carbonyl (C=O) groups excluding carboxylic acids is 1. The number of fused-ring (bicyclic) bond motifs is 1. The van der Waals surface area contributed by atoms with Crippen LogP contribution in [0.15, 0.2) is 53.7 Å². The minimum atomic E-state index is 0.107. The van der Waals surface area contributed by atoms with Crippen LogP contribution in [0.4, 0.5) is 5.69 Å². The molecule has 30 heavy (non-hydrogen) atoms. The normalized spacial score (nSPS) is 13.0. The van der Waals surface area contributed by atoms with Crippen LogP contribution in [0, 0.1) is 5.92 Å². The van der Waals surface area contributed by atoms with Crippen LogP contribution in [0.25, 0.3) is 11.4 Å². The third kappa shape index (κ3) is 4.21. The van der Waals surface area contributed by atoms with Crippen LogP contribution in [0.5, 0.6) is 5.75 Å². The van der Waals surface area contributed by atoms with E-state index in [1.54, 1.807) is 7.11 Å². The number of carbonyl (C=O) groups is 1. The molecule has 0 bridgehead atoms. The minimum Gasteiger partial charge on any atom is -0.497 e. The summed E-state index contributed by atoms with van der Waals surface area (Å²) in [6.45, 7) is 5.86. The average Bonchev–Trinajstić information content (AvgIpc) is 3.36. The maximum atomic E-state index is 12.9. The zero-order valence-corrected chi connectivity index (χ0v) is 18.4. The van der Waals surface area contributed by atoms with Crippen molar-refractivity contribution in [2.24, 2.45) is 5.92 Å². The van der Waals surface area contributed by atoms with Gasteiger partial charge in [0.2, 0.25) is 5.91 Å². The summed E-state index contributed by atoms with van der Waals surface area (Å²) in [4.78, 5) is 14.8. The molecule has 0 saturated heterocycles. The van der Waals surface area contributed by atoms with Crippen LogP contribution < -0.4 is 9.64 Å². The van der Waals surface area contributed by atoms with Crippen LogP contribution in [-0.4, -0.2) is 40.1 Å². The summed E-state index contributed by atoms with van der Waals surface area (Å²) in [6, 6.07) is 15.9. The number of anilines is 1. The average molecular weight is 423 g/mol. The second-order valence-electron chi connectivity index (χ2n) is 7.75. The van der Waals surface area contributed by atoms with Crippen molar-refractivity contribution < 1.29 is 9.53 Å². The Morgan fingerprint density at radius 2 is 1.90 bits per heavy atom. The van der Waals surface area contributed by atoms with Crippen molar-refractivity contribution in [2.75, 3.05) is 24.3 Å². The Labute approximate surface area is 181 Å². The van der Waals surface area contributed by atoms with Gasteiger partial charge in [-0.05, 0) is 48.2 Å². The van der Waals surface area contributed by atoms with E-state index in [-0.39, 0.29) is 5.91 Å². The van der Waals surface area contributed by atoms with Crippen LogP contribution >= 0.6 is 11.8 Å². The SMILES string of the molecule is COc1ccc(-c2nnc(SCC(=O)N3CCc4ccccc43)n2CC(C)C)cc1. The molecular formula is C23H26N4O2S. The second-order valence-corrected chi connectivity index (χ2v) is 8.69. The van der Waals surface area contributed by atoms with Crippen LogP contribution in [-0.2, 0) is 17.8 Å². The van der Waals surface area contributed by atoms with E-state index in [0.717, 1.165) is 47.5 Å². The molecule has 1 aliphatic heterocycles. The van der Waals surface area contributed by atoms with E-state index in [9.17, 15) is 4.79 Å². The maximum absolute atomic E-state index is 12.9. The Morgan fingerprint density at radius 1 is 1.13 bits per heavy atom. The number of hydrogen-bond donors (Lipinski definition) is 0. The molecule has 1 aliphatic rings. The highest BCUT2D eigenvalue weighted by atomic mass is 32.2. The van der Waals surface area contributed by atoms with Gasteiger partial charge in [-0.25, -0.2) is 0 Å². The molecule has 0 aliphatic carbocycles. The molecule has 0 unspecified atom stereocenters. The van der Waals surface area contributed by atoms with Crippen molar-refractivity contribution in [3.05, 3.63) is 54.1 Å². The fraction of sp³-hybridized carbons (Fsp3) is 0.348. The Bertz CT molecular complexity index is 1030. The van der Waals surface area contributed by atoms with Crippen molar-refractivity contribution in [3.63, 3.8) is 0 Å². The topological polar surface area (TPSA) is 60.3 Å². The Balaban J connectivity index is 1.52. The quantitative estimate of drug-likeness (QED) is 0.532. The van der Waals surface area contributed by atoms with Crippen LogP contribution in [0.2, 0.25) is 0 Å². The van der Waals surface area contributed by atoms with Gasteiger partial charge in [-0.3, -0.25) is 4.79 Å². The molecule has 1 aromatic heterocycles. The number of aromatic nitrogens is 3. The van der Waals surface area contributed by atoms with E-state index >= 15 is 0 Å². The van der Waals surface area contributed by atoms with E-state index in [1.807, 2.05) is 47.4 Å². The van der Waals surface area contributed by atoms with Gasteiger partial charge < -0.3 is 14.2 Å². The van der Waals surface area contributed by atoms with E-state index in [0.29, 0.717) is 11.7 Å². The first-order chi connectivity index (χ1) is 14.6. The molecule has 7 heteroatoms. The van der Waals surface area contributed by atoms with Gasteiger partial charge in [-0.15, -0.1) is 10.2 Å². The monoisotopic (exact) mass is 422 g/mol. The lowest BCUT2D eigenvalue weighted by atomic mass is 10.2. The molecule has 0 saturated carbocycles. The predicted molar refractivity (Wildman–Crippen MR) is 120 cm³/mol. The highest BCUT2D eigenvalue weighted by Gasteiger charge is 2.25. The van der Waals surface area contributed by atoms with Crippen molar-refractivity contribution in [1.82, 2.24) is 14.8 Å². The molecular weight excluding hydrogens is 396 g/mol. The lowest BCUT2D eigenvalue weighted by Crippen LogP contribution is -2.30. The summed E-state index contributed by atoms with van der Waals surface area (Å²) < 4.78 is 7.37. The fourth-order valence-electron chi connectivity index (χ4n) is 3.68. The van der Waals surface area contributed by atoms with Gasteiger partial charge >= 0.3 is 0 Å². The lowest BCUT2D eigenvalue weighted by Gasteiger charge is -2.17. The first kappa shape index (κ1) is 20.5. The molecule has 6 nitrogen and oxygen atoms in total. The molecule has 2 aromatic carbocycles. The van der Waals surface area contributed by atoms with Crippen LogP contribution in [0.3, 0.4) is 0 Å². The first-order valence-electron chi connectivity index (χ1n) is 10.2. The van der Waals surface area contributed by atoms with Gasteiger partial charge in [0, 0.05) is 24.3 Å². The summed E-state index contributed by atoms with van der Waals surface area (Å²) in [5, 5.41) is 9.61. The number of nitrogens with zero attached hydrogens (tertiary/aromatic N) is 4. The summed E-state index contributed by atoms with van der Waals surface area (Å²) >= 11 is 1.46. The molecule has 0 N–H and O–H groups in total. The Hall–Kier alpha value is -2.80. The zero-order valence-electron chi connectivity index (χ0n) is 17.5. The zero-order chi connectivity index (χ0) is 21.1. The number of methoxy groups -OCH3 is 1. The molecule has 2 heterocycles. The summed E-state index contributed by atoms with van der Waals surface area (Å²) in [7, 11) is 1.65.